The molecule has 6 heteroatoms. The number of nitrogens with zero attached hydrogens (tertiary/aromatic N) is 3. The Labute approximate surface area is 111 Å². The van der Waals surface area contributed by atoms with E-state index >= 15 is 0 Å². The number of nitriles is 1. The van der Waals surface area contributed by atoms with Crippen molar-refractivity contribution in [3.05, 3.63) is 41.5 Å². The Morgan fingerprint density at radius 2 is 1.89 bits per heavy atom. The molecule has 0 spiro atoms. The fraction of sp³-hybridized carbons (Fsp3) is 0.154. The van der Waals surface area contributed by atoms with Crippen molar-refractivity contribution in [2.75, 3.05) is 16.8 Å². The summed E-state index contributed by atoms with van der Waals surface area (Å²) in [5.74, 6) is 0.473. The molecule has 19 heavy (non-hydrogen) atoms. The van der Waals surface area contributed by atoms with E-state index in [0.717, 1.165) is 5.56 Å². The Bertz CT molecular complexity index is 617. The second-order valence-electron chi connectivity index (χ2n) is 4.08. The summed E-state index contributed by atoms with van der Waals surface area (Å²) in [7, 11) is 0. The molecule has 5 N–H and O–H groups in total. The third kappa shape index (κ3) is 2.72. The fourth-order valence-corrected chi connectivity index (χ4v) is 1.74. The molecule has 2 rings (SSSR count). The third-order valence-electron chi connectivity index (χ3n) is 2.72. The van der Waals surface area contributed by atoms with E-state index < -0.39 is 0 Å². The summed E-state index contributed by atoms with van der Waals surface area (Å²) in [5, 5.41) is 12.2. The van der Waals surface area contributed by atoms with Crippen molar-refractivity contribution >= 4 is 17.6 Å². The zero-order valence-electron chi connectivity index (χ0n) is 10.5. The van der Waals surface area contributed by atoms with Gasteiger partial charge >= 0.3 is 0 Å². The van der Waals surface area contributed by atoms with Crippen molar-refractivity contribution in [2.24, 2.45) is 0 Å². The molecule has 1 heterocycles. The van der Waals surface area contributed by atoms with Crippen molar-refractivity contribution in [2.45, 2.75) is 13.0 Å². The van der Waals surface area contributed by atoms with Crippen molar-refractivity contribution in [1.82, 2.24) is 9.97 Å². The number of benzene rings is 1. The van der Waals surface area contributed by atoms with Crippen molar-refractivity contribution in [1.29, 1.82) is 5.26 Å². The molecule has 0 amide bonds. The van der Waals surface area contributed by atoms with Gasteiger partial charge in [-0.05, 0) is 12.5 Å². The molecule has 0 bridgehead atoms. The van der Waals surface area contributed by atoms with E-state index in [-0.39, 0.29) is 23.4 Å². The van der Waals surface area contributed by atoms with Crippen LogP contribution in [-0.2, 0) is 0 Å². The second-order valence-corrected chi connectivity index (χ2v) is 4.08. The lowest BCUT2D eigenvalue weighted by Crippen LogP contribution is -2.12. The van der Waals surface area contributed by atoms with Crippen LogP contribution in [0.2, 0.25) is 0 Å². The Kier molecular flexibility index (Phi) is 3.48. The average molecular weight is 254 g/mol. The maximum Gasteiger partial charge on any atom is 0.224 e. The summed E-state index contributed by atoms with van der Waals surface area (Å²) in [4.78, 5) is 7.79. The van der Waals surface area contributed by atoms with Gasteiger partial charge in [0.05, 0.1) is 0 Å². The Morgan fingerprint density at radius 3 is 2.53 bits per heavy atom. The van der Waals surface area contributed by atoms with Gasteiger partial charge in [0, 0.05) is 6.04 Å². The second kappa shape index (κ2) is 5.23. The quantitative estimate of drug-likeness (QED) is 0.768. The number of rotatable bonds is 3. The summed E-state index contributed by atoms with van der Waals surface area (Å²) in [6, 6.07) is 11.8. The molecule has 0 fully saturated rings. The molecule has 0 saturated carbocycles. The van der Waals surface area contributed by atoms with E-state index in [2.05, 4.69) is 15.3 Å². The van der Waals surface area contributed by atoms with Crippen LogP contribution in [0.3, 0.4) is 0 Å². The van der Waals surface area contributed by atoms with E-state index in [1.165, 1.54) is 0 Å². The highest BCUT2D eigenvalue weighted by Gasteiger charge is 2.13. The molecule has 0 aliphatic rings. The van der Waals surface area contributed by atoms with Gasteiger partial charge in [0.25, 0.3) is 0 Å². The highest BCUT2D eigenvalue weighted by atomic mass is 15.1. The molecule has 0 aliphatic heterocycles. The van der Waals surface area contributed by atoms with Gasteiger partial charge in [-0.25, -0.2) is 0 Å². The SMILES string of the molecule is CC(Nc1nc(N)nc(N)c1C#N)c1ccccc1. The van der Waals surface area contributed by atoms with E-state index in [4.69, 9.17) is 16.7 Å². The molecule has 1 atom stereocenters. The van der Waals surface area contributed by atoms with Crippen LogP contribution in [0.4, 0.5) is 17.6 Å². The first-order valence-corrected chi connectivity index (χ1v) is 5.76. The first kappa shape index (κ1) is 12.6. The summed E-state index contributed by atoms with van der Waals surface area (Å²) in [6.45, 7) is 1.96. The van der Waals surface area contributed by atoms with E-state index in [9.17, 15) is 0 Å². The average Bonchev–Trinajstić information content (AvgIpc) is 2.39. The molecule has 96 valence electrons. The smallest absolute Gasteiger partial charge is 0.224 e. The van der Waals surface area contributed by atoms with Gasteiger partial charge in [0.1, 0.15) is 17.5 Å². The zero-order chi connectivity index (χ0) is 13.8. The Morgan fingerprint density at radius 1 is 1.21 bits per heavy atom. The molecule has 6 nitrogen and oxygen atoms in total. The minimum absolute atomic E-state index is 0.0259. The predicted octanol–water partition coefficient (Wildman–Crippen LogP) is 1.69. The molecule has 1 unspecified atom stereocenters. The molecule has 2 aromatic rings. The first-order chi connectivity index (χ1) is 9.11. The van der Waals surface area contributed by atoms with Crippen LogP contribution in [0, 0.1) is 11.3 Å². The number of anilines is 3. The largest absolute Gasteiger partial charge is 0.382 e. The number of hydrogen-bond acceptors (Lipinski definition) is 6. The lowest BCUT2D eigenvalue weighted by atomic mass is 10.1. The summed E-state index contributed by atoms with van der Waals surface area (Å²) >= 11 is 0. The summed E-state index contributed by atoms with van der Waals surface area (Å²) in [6.07, 6.45) is 0. The standard InChI is InChI=1S/C13H14N6/c1-8(9-5-3-2-4-6-9)17-12-10(7-14)11(15)18-13(16)19-12/h2-6,8H,1H3,(H5,15,16,17,18,19). The first-order valence-electron chi connectivity index (χ1n) is 5.76. The minimum atomic E-state index is -0.0259. The van der Waals surface area contributed by atoms with Gasteiger partial charge in [-0.1, -0.05) is 30.3 Å². The monoisotopic (exact) mass is 254 g/mol. The topological polar surface area (TPSA) is 114 Å². The maximum absolute atomic E-state index is 9.08. The third-order valence-corrected chi connectivity index (χ3v) is 2.72. The van der Waals surface area contributed by atoms with Crippen LogP contribution in [0.25, 0.3) is 0 Å². The van der Waals surface area contributed by atoms with Crippen LogP contribution in [0.15, 0.2) is 30.3 Å². The predicted molar refractivity (Wildman–Crippen MR) is 74.1 cm³/mol. The number of hydrogen-bond donors (Lipinski definition) is 3. The molecule has 1 aromatic carbocycles. The maximum atomic E-state index is 9.08. The zero-order valence-corrected chi connectivity index (χ0v) is 10.5. The minimum Gasteiger partial charge on any atom is -0.382 e. The van der Waals surface area contributed by atoms with Crippen LogP contribution in [0.5, 0.6) is 0 Å². The van der Waals surface area contributed by atoms with Crippen LogP contribution >= 0.6 is 0 Å². The van der Waals surface area contributed by atoms with Crippen molar-refractivity contribution < 1.29 is 0 Å². The highest BCUT2D eigenvalue weighted by molar-refractivity contribution is 5.64. The van der Waals surface area contributed by atoms with Crippen molar-refractivity contribution in [3.63, 3.8) is 0 Å². The van der Waals surface area contributed by atoms with Crippen LogP contribution in [-0.4, -0.2) is 9.97 Å². The Balaban J connectivity index is 2.32. The van der Waals surface area contributed by atoms with Gasteiger partial charge < -0.3 is 16.8 Å². The molecule has 0 radical (unpaired) electrons. The molecule has 0 aliphatic carbocycles. The number of aromatic nitrogens is 2. The summed E-state index contributed by atoms with van der Waals surface area (Å²) in [5.41, 5.74) is 12.5. The normalized spacial score (nSPS) is 11.6. The van der Waals surface area contributed by atoms with Gasteiger partial charge in [0.2, 0.25) is 5.95 Å². The summed E-state index contributed by atoms with van der Waals surface area (Å²) < 4.78 is 0. The lowest BCUT2D eigenvalue weighted by molar-refractivity contribution is 0.872. The van der Waals surface area contributed by atoms with Gasteiger partial charge in [0.15, 0.2) is 5.82 Å². The van der Waals surface area contributed by atoms with Crippen LogP contribution in [0.1, 0.15) is 24.1 Å². The fourth-order valence-electron chi connectivity index (χ4n) is 1.74. The highest BCUT2D eigenvalue weighted by Crippen LogP contribution is 2.23. The Hall–Kier alpha value is -2.81. The molecule has 1 aromatic heterocycles. The number of nitrogens with one attached hydrogen (secondary N) is 1. The van der Waals surface area contributed by atoms with E-state index in [0.29, 0.717) is 5.82 Å². The van der Waals surface area contributed by atoms with E-state index in [1.54, 1.807) is 0 Å². The van der Waals surface area contributed by atoms with Crippen molar-refractivity contribution in [3.8, 4) is 6.07 Å². The number of nitrogen functional groups attached to an aromatic ring is 2. The molecular formula is C13H14N6. The van der Waals surface area contributed by atoms with Gasteiger partial charge in [-0.2, -0.15) is 15.2 Å². The van der Waals surface area contributed by atoms with Gasteiger partial charge in [-0.3, -0.25) is 0 Å². The van der Waals surface area contributed by atoms with E-state index in [1.807, 2.05) is 43.3 Å². The lowest BCUT2D eigenvalue weighted by Gasteiger charge is -2.16. The molecular weight excluding hydrogens is 240 g/mol. The number of nitrogens with two attached hydrogens (primary N) is 2. The molecule has 0 saturated heterocycles. The van der Waals surface area contributed by atoms with Crippen LogP contribution < -0.4 is 16.8 Å². The van der Waals surface area contributed by atoms with Gasteiger partial charge in [-0.15, -0.1) is 0 Å².